The Morgan fingerprint density at radius 3 is 2.78 bits per heavy atom. The summed E-state index contributed by atoms with van der Waals surface area (Å²) in [5.74, 6) is 0.485. The van der Waals surface area contributed by atoms with Gasteiger partial charge < -0.3 is 14.5 Å². The van der Waals surface area contributed by atoms with Crippen molar-refractivity contribution in [2.75, 3.05) is 50.8 Å². The van der Waals surface area contributed by atoms with Crippen molar-refractivity contribution >= 4 is 23.2 Å². The van der Waals surface area contributed by atoms with E-state index in [9.17, 15) is 9.18 Å². The maximum Gasteiger partial charge on any atom is 0.409 e. The molecule has 2 saturated heterocycles. The molecule has 5 rings (SSSR count). The van der Waals surface area contributed by atoms with E-state index in [-0.39, 0.29) is 17.3 Å². The number of piperazine rings is 1. The first-order chi connectivity index (χ1) is 15.5. The Bertz CT molecular complexity index is 973. The highest BCUT2D eigenvalue weighted by Gasteiger charge is 2.51. The van der Waals surface area contributed by atoms with Crippen molar-refractivity contribution in [1.82, 2.24) is 25.0 Å². The first-order valence-electron chi connectivity index (χ1n) is 11.3. The van der Waals surface area contributed by atoms with Crippen LogP contribution in [0, 0.1) is 18.2 Å². The van der Waals surface area contributed by atoms with E-state index in [2.05, 4.69) is 25.0 Å². The highest BCUT2D eigenvalue weighted by molar-refractivity contribution is 7.12. The van der Waals surface area contributed by atoms with E-state index in [0.717, 1.165) is 57.1 Å². The molecule has 2 aliphatic heterocycles. The Hall–Kier alpha value is -2.33. The molecule has 0 N–H and O–H groups in total. The lowest BCUT2D eigenvalue weighted by molar-refractivity contribution is -0.00294. The quantitative estimate of drug-likeness (QED) is 0.694. The van der Waals surface area contributed by atoms with E-state index in [0.29, 0.717) is 23.4 Å². The fraction of sp³-hybridized carbons (Fsp3) is 0.636. The van der Waals surface area contributed by atoms with Crippen LogP contribution in [0.5, 0.6) is 0 Å². The summed E-state index contributed by atoms with van der Waals surface area (Å²) in [5.41, 5.74) is 3.06. The fourth-order valence-corrected chi connectivity index (χ4v) is 6.00. The molecule has 2 aromatic heterocycles. The molecule has 0 radical (unpaired) electrons. The largest absolute Gasteiger partial charge is 0.450 e. The van der Waals surface area contributed by atoms with Gasteiger partial charge in [-0.15, -0.1) is 10.2 Å². The summed E-state index contributed by atoms with van der Waals surface area (Å²) in [6, 6.07) is 2.10. The number of ether oxygens (including phenoxy) is 1. The maximum absolute atomic E-state index is 14.3. The van der Waals surface area contributed by atoms with Crippen LogP contribution < -0.4 is 4.90 Å². The smallest absolute Gasteiger partial charge is 0.409 e. The number of carbonyl (C=O) groups is 1. The highest BCUT2D eigenvalue weighted by atomic mass is 32.1. The average Bonchev–Trinajstić information content (AvgIpc) is 3.45. The zero-order chi connectivity index (χ0) is 22.3. The van der Waals surface area contributed by atoms with Gasteiger partial charge in [0.1, 0.15) is 17.1 Å². The maximum atomic E-state index is 14.3. The second-order valence-corrected chi connectivity index (χ2v) is 9.98. The highest BCUT2D eigenvalue weighted by Crippen LogP contribution is 2.47. The van der Waals surface area contributed by atoms with Crippen LogP contribution in [0.3, 0.4) is 0 Å². The van der Waals surface area contributed by atoms with Crippen molar-refractivity contribution in [2.45, 2.75) is 39.2 Å². The Morgan fingerprint density at radius 1 is 1.31 bits per heavy atom. The molecule has 1 spiro atoms. The van der Waals surface area contributed by atoms with Crippen molar-refractivity contribution < 1.29 is 13.9 Å². The number of likely N-dealkylation sites (tertiary alicyclic amines) is 1. The van der Waals surface area contributed by atoms with E-state index in [1.165, 1.54) is 30.2 Å². The van der Waals surface area contributed by atoms with Crippen molar-refractivity contribution in [1.29, 1.82) is 0 Å². The molecule has 0 unspecified atom stereocenters. The van der Waals surface area contributed by atoms with Gasteiger partial charge in [-0.1, -0.05) is 11.3 Å². The predicted octanol–water partition coefficient (Wildman–Crippen LogP) is 3.18. The zero-order valence-corrected chi connectivity index (χ0v) is 19.4. The number of carbonyl (C=O) groups excluding carboxylic acids is 1. The summed E-state index contributed by atoms with van der Waals surface area (Å²) < 4.78 is 19.4. The van der Waals surface area contributed by atoms with E-state index in [1.54, 1.807) is 12.4 Å². The standard InChI is InChI=1S/C22H29FN6O2S/c1-3-31-21(30)29-12-22(13-29)5-4-16(11-22)27-6-8-28(9-7-27)19-17(20-26-24-14-32-20)10-18(23)15(2)25-19/h10,14,16H,3-9,11-13H2,1-2H3/t16-/m1/s1. The molecule has 1 saturated carbocycles. The molecule has 32 heavy (non-hydrogen) atoms. The van der Waals surface area contributed by atoms with Gasteiger partial charge in [0.05, 0.1) is 17.9 Å². The lowest BCUT2D eigenvalue weighted by Gasteiger charge is -2.48. The molecule has 1 aliphatic carbocycles. The summed E-state index contributed by atoms with van der Waals surface area (Å²) in [6.45, 7) is 9.24. The molecule has 3 fully saturated rings. The average molecular weight is 461 g/mol. The van der Waals surface area contributed by atoms with Gasteiger partial charge in [0.15, 0.2) is 5.01 Å². The predicted molar refractivity (Wildman–Crippen MR) is 120 cm³/mol. The van der Waals surface area contributed by atoms with E-state index in [1.807, 2.05) is 11.8 Å². The number of hydrogen-bond donors (Lipinski definition) is 0. The van der Waals surface area contributed by atoms with Crippen molar-refractivity contribution in [3.05, 3.63) is 23.1 Å². The number of amides is 1. The number of anilines is 1. The summed E-state index contributed by atoms with van der Waals surface area (Å²) in [5, 5.41) is 8.75. The molecular weight excluding hydrogens is 431 g/mol. The van der Waals surface area contributed by atoms with Gasteiger partial charge in [0, 0.05) is 50.7 Å². The van der Waals surface area contributed by atoms with Crippen LogP contribution in [-0.2, 0) is 4.74 Å². The fourth-order valence-electron chi connectivity index (χ4n) is 5.44. The van der Waals surface area contributed by atoms with Crippen LogP contribution in [0.4, 0.5) is 15.0 Å². The molecule has 1 amide bonds. The monoisotopic (exact) mass is 460 g/mol. The second-order valence-electron chi connectivity index (χ2n) is 9.15. The van der Waals surface area contributed by atoms with Crippen LogP contribution in [-0.4, -0.2) is 83.0 Å². The first-order valence-corrected chi connectivity index (χ1v) is 12.2. The van der Waals surface area contributed by atoms with Gasteiger partial charge in [0.2, 0.25) is 0 Å². The topological polar surface area (TPSA) is 74.7 Å². The number of halogens is 1. The number of aromatic nitrogens is 3. The normalized spacial score (nSPS) is 22.9. The van der Waals surface area contributed by atoms with Gasteiger partial charge in [-0.25, -0.2) is 14.2 Å². The van der Waals surface area contributed by atoms with Gasteiger partial charge in [-0.05, 0) is 39.2 Å². The lowest BCUT2D eigenvalue weighted by atomic mass is 9.78. The number of pyridine rings is 1. The molecule has 0 aromatic carbocycles. The molecule has 1 atom stereocenters. The van der Waals surface area contributed by atoms with Crippen molar-refractivity contribution in [3.63, 3.8) is 0 Å². The minimum atomic E-state index is -0.314. The number of hydrogen-bond acceptors (Lipinski definition) is 8. The number of rotatable bonds is 4. The van der Waals surface area contributed by atoms with Crippen LogP contribution in [0.1, 0.15) is 31.9 Å². The van der Waals surface area contributed by atoms with Crippen LogP contribution in [0.25, 0.3) is 10.6 Å². The molecule has 2 aromatic rings. The van der Waals surface area contributed by atoms with E-state index >= 15 is 0 Å². The molecule has 172 valence electrons. The summed E-state index contributed by atoms with van der Waals surface area (Å²) >= 11 is 1.40. The molecular formula is C22H29FN6O2S. The third-order valence-corrected chi connectivity index (χ3v) is 7.83. The molecule has 10 heteroatoms. The Balaban J connectivity index is 1.21. The van der Waals surface area contributed by atoms with Crippen molar-refractivity contribution in [2.24, 2.45) is 5.41 Å². The Morgan fingerprint density at radius 2 is 2.09 bits per heavy atom. The Kier molecular flexibility index (Phi) is 5.75. The summed E-state index contributed by atoms with van der Waals surface area (Å²) in [7, 11) is 0. The molecule has 3 aliphatic rings. The van der Waals surface area contributed by atoms with Gasteiger partial charge >= 0.3 is 6.09 Å². The third-order valence-electron chi connectivity index (χ3n) is 7.11. The Labute approximate surface area is 191 Å². The van der Waals surface area contributed by atoms with E-state index in [4.69, 9.17) is 4.74 Å². The van der Waals surface area contributed by atoms with Crippen LogP contribution >= 0.6 is 11.3 Å². The van der Waals surface area contributed by atoms with Crippen molar-refractivity contribution in [3.8, 4) is 10.6 Å². The number of nitrogens with zero attached hydrogens (tertiary/aromatic N) is 6. The third kappa shape index (κ3) is 3.94. The van der Waals surface area contributed by atoms with Gasteiger partial charge in [0.25, 0.3) is 0 Å². The second kappa shape index (κ2) is 8.55. The molecule has 4 heterocycles. The van der Waals surface area contributed by atoms with Gasteiger partial charge in [-0.3, -0.25) is 4.90 Å². The minimum Gasteiger partial charge on any atom is -0.450 e. The molecule has 8 nitrogen and oxygen atoms in total. The summed E-state index contributed by atoms with van der Waals surface area (Å²) in [4.78, 5) is 23.2. The lowest BCUT2D eigenvalue weighted by Crippen LogP contribution is -2.58. The SMILES string of the molecule is CCOC(=O)N1CC2(CC[C@@H](N3CCN(c4nc(C)c(F)cc4-c4nncs4)CC3)C2)C1. The first kappa shape index (κ1) is 21.5. The zero-order valence-electron chi connectivity index (χ0n) is 18.6. The minimum absolute atomic E-state index is 0.177. The number of aryl methyl sites for hydroxylation is 1. The molecule has 0 bridgehead atoms. The van der Waals surface area contributed by atoms with Gasteiger partial charge in [-0.2, -0.15) is 0 Å². The van der Waals surface area contributed by atoms with Crippen LogP contribution in [0.2, 0.25) is 0 Å². The van der Waals surface area contributed by atoms with E-state index < -0.39 is 0 Å². The van der Waals surface area contributed by atoms with Crippen LogP contribution in [0.15, 0.2) is 11.6 Å². The summed E-state index contributed by atoms with van der Waals surface area (Å²) in [6.07, 6.45) is 3.32.